The Kier molecular flexibility index (Phi) is 6.19. The Hall–Kier alpha value is -1.85. The summed E-state index contributed by atoms with van der Waals surface area (Å²) in [4.78, 5) is 24.7. The molecule has 2 rings (SSSR count). The third-order valence-electron chi connectivity index (χ3n) is 3.59. The van der Waals surface area contributed by atoms with Crippen molar-refractivity contribution in [2.45, 2.75) is 26.7 Å². The van der Waals surface area contributed by atoms with Crippen molar-refractivity contribution in [3.05, 3.63) is 45.6 Å². The van der Waals surface area contributed by atoms with E-state index in [-0.39, 0.29) is 17.7 Å². The maximum atomic E-state index is 12.1. The highest BCUT2D eigenvalue weighted by Gasteiger charge is 2.15. The Bertz CT molecular complexity index is 682. The van der Waals surface area contributed by atoms with Crippen molar-refractivity contribution in [3.8, 4) is 0 Å². The van der Waals surface area contributed by atoms with Crippen LogP contribution < -0.4 is 10.6 Å². The Morgan fingerprint density at radius 1 is 1.17 bits per heavy atom. The van der Waals surface area contributed by atoms with Crippen molar-refractivity contribution >= 4 is 46.1 Å². The Morgan fingerprint density at radius 3 is 2.48 bits per heavy atom. The topological polar surface area (TPSA) is 58.2 Å². The first-order valence-corrected chi connectivity index (χ1v) is 8.76. The van der Waals surface area contributed by atoms with Crippen LogP contribution in [0.1, 0.15) is 36.4 Å². The minimum atomic E-state index is -0.198. The molecule has 0 bridgehead atoms. The van der Waals surface area contributed by atoms with Gasteiger partial charge in [0.05, 0.1) is 15.6 Å². The fraction of sp³-hybridized carbons (Fsp3) is 0.294. The Labute approximate surface area is 144 Å². The van der Waals surface area contributed by atoms with Crippen LogP contribution in [0.5, 0.6) is 0 Å². The summed E-state index contributed by atoms with van der Waals surface area (Å²) in [6, 6.07) is 8.63. The summed E-state index contributed by atoms with van der Waals surface area (Å²) < 4.78 is 0. The van der Waals surface area contributed by atoms with Crippen LogP contribution in [0.4, 0.5) is 11.4 Å². The highest BCUT2D eigenvalue weighted by atomic mass is 35.5. The summed E-state index contributed by atoms with van der Waals surface area (Å²) in [7, 11) is 0. The van der Waals surface area contributed by atoms with E-state index in [9.17, 15) is 9.59 Å². The summed E-state index contributed by atoms with van der Waals surface area (Å²) in [6.45, 7) is 3.98. The van der Waals surface area contributed by atoms with Crippen LogP contribution in [-0.2, 0) is 4.79 Å². The van der Waals surface area contributed by atoms with Gasteiger partial charge < -0.3 is 10.6 Å². The molecule has 6 heteroatoms. The normalized spacial score (nSPS) is 10.6. The van der Waals surface area contributed by atoms with Gasteiger partial charge in [0, 0.05) is 11.6 Å². The molecule has 1 aromatic heterocycles. The van der Waals surface area contributed by atoms with Crippen molar-refractivity contribution in [2.75, 3.05) is 10.6 Å². The molecule has 0 spiro atoms. The van der Waals surface area contributed by atoms with Gasteiger partial charge in [-0.2, -0.15) is 0 Å². The lowest BCUT2D eigenvalue weighted by Gasteiger charge is -2.14. The number of anilines is 2. The number of carbonyl (C=O) groups excluding carboxylic acids is 2. The Balaban J connectivity index is 2.06. The second kappa shape index (κ2) is 8.13. The van der Waals surface area contributed by atoms with Gasteiger partial charge in [0.25, 0.3) is 5.91 Å². The first-order valence-electron chi connectivity index (χ1n) is 7.50. The maximum Gasteiger partial charge on any atom is 0.265 e. The lowest BCUT2D eigenvalue weighted by Crippen LogP contribution is -2.21. The van der Waals surface area contributed by atoms with Crippen LogP contribution in [0.25, 0.3) is 0 Å². The summed E-state index contributed by atoms with van der Waals surface area (Å²) in [5.74, 6) is -0.218. The monoisotopic (exact) mass is 350 g/mol. The van der Waals surface area contributed by atoms with Gasteiger partial charge in [-0.05, 0) is 42.5 Å². The molecule has 0 saturated carbocycles. The minimum Gasteiger partial charge on any atom is -0.326 e. The molecule has 0 fully saturated rings. The van der Waals surface area contributed by atoms with Gasteiger partial charge in [0.1, 0.15) is 0 Å². The van der Waals surface area contributed by atoms with Crippen LogP contribution in [0.3, 0.4) is 0 Å². The molecule has 0 radical (unpaired) electrons. The van der Waals surface area contributed by atoms with Crippen molar-refractivity contribution in [2.24, 2.45) is 5.92 Å². The predicted molar refractivity (Wildman–Crippen MR) is 96.4 cm³/mol. The first kappa shape index (κ1) is 17.5. The summed E-state index contributed by atoms with van der Waals surface area (Å²) in [5.41, 5.74) is 1.15. The van der Waals surface area contributed by atoms with Gasteiger partial charge in [-0.3, -0.25) is 9.59 Å². The number of benzene rings is 1. The van der Waals surface area contributed by atoms with E-state index in [0.717, 1.165) is 12.8 Å². The Morgan fingerprint density at radius 2 is 1.91 bits per heavy atom. The van der Waals surface area contributed by atoms with Crippen molar-refractivity contribution < 1.29 is 9.59 Å². The van der Waals surface area contributed by atoms with Gasteiger partial charge >= 0.3 is 0 Å². The average molecular weight is 351 g/mol. The zero-order valence-corrected chi connectivity index (χ0v) is 14.6. The van der Waals surface area contributed by atoms with Crippen molar-refractivity contribution in [1.29, 1.82) is 0 Å². The molecule has 2 amide bonds. The summed E-state index contributed by atoms with van der Waals surface area (Å²) in [6.07, 6.45) is 1.59. The van der Waals surface area contributed by atoms with E-state index < -0.39 is 0 Å². The van der Waals surface area contributed by atoms with E-state index >= 15 is 0 Å². The minimum absolute atomic E-state index is 0.00742. The second-order valence-corrected chi connectivity index (χ2v) is 6.48. The van der Waals surface area contributed by atoms with Gasteiger partial charge in [0.2, 0.25) is 5.91 Å². The molecule has 0 aliphatic rings. The van der Waals surface area contributed by atoms with Gasteiger partial charge in [-0.15, -0.1) is 11.3 Å². The molecule has 0 unspecified atom stereocenters. The van der Waals surface area contributed by atoms with Crippen molar-refractivity contribution in [1.82, 2.24) is 0 Å². The molecule has 122 valence electrons. The maximum absolute atomic E-state index is 12.1. The zero-order valence-electron chi connectivity index (χ0n) is 13.1. The number of thiophene rings is 1. The van der Waals surface area contributed by atoms with Gasteiger partial charge in [-0.25, -0.2) is 0 Å². The quantitative estimate of drug-likeness (QED) is 0.767. The molecular formula is C17H19ClN2O2S. The van der Waals surface area contributed by atoms with Crippen LogP contribution >= 0.6 is 22.9 Å². The van der Waals surface area contributed by atoms with Crippen LogP contribution in [0.2, 0.25) is 5.02 Å². The van der Waals surface area contributed by atoms with Gasteiger partial charge in [-0.1, -0.05) is 31.5 Å². The molecule has 2 N–H and O–H groups in total. The molecule has 1 aromatic carbocycles. The molecule has 0 atom stereocenters. The lowest BCUT2D eigenvalue weighted by atomic mass is 10.0. The molecular weight excluding hydrogens is 332 g/mol. The van der Waals surface area contributed by atoms with Crippen LogP contribution in [-0.4, -0.2) is 11.8 Å². The smallest absolute Gasteiger partial charge is 0.265 e. The first-order chi connectivity index (χ1) is 11.0. The molecule has 2 aromatic rings. The lowest BCUT2D eigenvalue weighted by molar-refractivity contribution is -0.120. The van der Waals surface area contributed by atoms with E-state index in [0.29, 0.717) is 21.3 Å². The molecule has 23 heavy (non-hydrogen) atoms. The fourth-order valence-electron chi connectivity index (χ4n) is 2.19. The highest BCUT2D eigenvalue weighted by Crippen LogP contribution is 2.27. The fourth-order valence-corrected chi connectivity index (χ4v) is 3.04. The number of rotatable bonds is 6. The van der Waals surface area contributed by atoms with Gasteiger partial charge in [0.15, 0.2) is 0 Å². The summed E-state index contributed by atoms with van der Waals surface area (Å²) in [5, 5.41) is 7.85. The molecule has 4 nitrogen and oxygen atoms in total. The predicted octanol–water partition coefficient (Wildman–Crippen LogP) is 5.03. The van der Waals surface area contributed by atoms with E-state index in [1.54, 1.807) is 24.3 Å². The standard InChI is InChI=1S/C17H19ClN2O2S/c1-3-11(4-2)16(21)19-12-7-8-14(13(18)10-12)20-17(22)15-6-5-9-23-15/h5-11H,3-4H2,1-2H3,(H,19,21)(H,20,22). The highest BCUT2D eigenvalue weighted by molar-refractivity contribution is 7.12. The molecule has 0 aliphatic heterocycles. The number of halogens is 1. The number of amides is 2. The average Bonchev–Trinajstić information content (AvgIpc) is 3.05. The number of hydrogen-bond donors (Lipinski definition) is 2. The number of hydrogen-bond acceptors (Lipinski definition) is 3. The van der Waals surface area contributed by atoms with Crippen LogP contribution in [0.15, 0.2) is 35.7 Å². The van der Waals surface area contributed by atoms with Crippen molar-refractivity contribution in [3.63, 3.8) is 0 Å². The summed E-state index contributed by atoms with van der Waals surface area (Å²) >= 11 is 7.57. The zero-order chi connectivity index (χ0) is 16.8. The second-order valence-electron chi connectivity index (χ2n) is 5.13. The van der Waals surface area contributed by atoms with Crippen LogP contribution in [0, 0.1) is 5.92 Å². The number of nitrogens with one attached hydrogen (secondary N) is 2. The largest absolute Gasteiger partial charge is 0.326 e. The van der Waals surface area contributed by atoms with E-state index in [2.05, 4.69) is 10.6 Å². The van der Waals surface area contributed by atoms with E-state index in [4.69, 9.17) is 11.6 Å². The molecule has 0 saturated heterocycles. The number of carbonyl (C=O) groups is 2. The third kappa shape index (κ3) is 4.56. The molecule has 1 heterocycles. The third-order valence-corrected chi connectivity index (χ3v) is 4.77. The SMILES string of the molecule is CCC(CC)C(=O)Nc1ccc(NC(=O)c2cccs2)c(Cl)c1. The molecule has 0 aliphatic carbocycles. The van der Waals surface area contributed by atoms with E-state index in [1.807, 2.05) is 25.3 Å². The van der Waals surface area contributed by atoms with E-state index in [1.165, 1.54) is 11.3 Å².